The van der Waals surface area contributed by atoms with E-state index in [1.807, 2.05) is 26.0 Å². The Labute approximate surface area is 153 Å². The molecule has 0 aliphatic heterocycles. The number of phenolic OH excluding ortho intramolecular Hbond substituents is 1. The minimum Gasteiger partial charge on any atom is -0.507 e. The number of hydrogen-bond donors (Lipinski definition) is 1. The summed E-state index contributed by atoms with van der Waals surface area (Å²) in [4.78, 5) is 12.1. The summed E-state index contributed by atoms with van der Waals surface area (Å²) >= 11 is 0. The van der Waals surface area contributed by atoms with Crippen LogP contribution in [0, 0.1) is 0 Å². The van der Waals surface area contributed by atoms with Crippen LogP contribution in [0.15, 0.2) is 12.1 Å². The maximum Gasteiger partial charge on any atom is 0.306 e. The Morgan fingerprint density at radius 3 is 1.80 bits per heavy atom. The topological polar surface area (TPSA) is 46.5 Å². The largest absolute Gasteiger partial charge is 0.507 e. The molecule has 0 fully saturated rings. The van der Waals surface area contributed by atoms with E-state index in [1.54, 1.807) is 0 Å². The van der Waals surface area contributed by atoms with Crippen molar-refractivity contribution in [2.75, 3.05) is 0 Å². The van der Waals surface area contributed by atoms with E-state index in [9.17, 15) is 9.90 Å². The second-order valence-corrected chi connectivity index (χ2v) is 8.97. The van der Waals surface area contributed by atoms with Crippen LogP contribution in [0.2, 0.25) is 0 Å². The molecule has 0 unspecified atom stereocenters. The fourth-order valence-corrected chi connectivity index (χ4v) is 2.93. The molecule has 0 atom stereocenters. The lowest BCUT2D eigenvalue weighted by Gasteiger charge is -2.28. The van der Waals surface area contributed by atoms with E-state index in [2.05, 4.69) is 41.5 Å². The Morgan fingerprint density at radius 1 is 1.00 bits per heavy atom. The van der Waals surface area contributed by atoms with Gasteiger partial charge in [-0.1, -0.05) is 67.5 Å². The van der Waals surface area contributed by atoms with Crippen molar-refractivity contribution in [3.63, 3.8) is 0 Å². The molecule has 0 saturated heterocycles. The quantitative estimate of drug-likeness (QED) is 0.676. The molecule has 142 valence electrons. The first-order valence-electron chi connectivity index (χ1n) is 9.46. The van der Waals surface area contributed by atoms with Crippen molar-refractivity contribution in [2.24, 2.45) is 0 Å². The van der Waals surface area contributed by atoms with Crippen LogP contribution < -0.4 is 0 Å². The molecule has 0 saturated carbocycles. The first-order chi connectivity index (χ1) is 11.4. The molecular formula is C22H36O3. The molecular weight excluding hydrogens is 312 g/mol. The normalized spacial score (nSPS) is 12.5. The SMILES string of the molecule is CCC(CC)OC(=O)CCc1cc(C(C)(C)C)c(O)c(C(C)(C)C)c1. The van der Waals surface area contributed by atoms with Gasteiger partial charge in [0, 0.05) is 6.42 Å². The number of phenols is 1. The fourth-order valence-electron chi connectivity index (χ4n) is 2.93. The van der Waals surface area contributed by atoms with E-state index in [0.717, 1.165) is 29.5 Å². The Bertz CT molecular complexity index is 549. The monoisotopic (exact) mass is 348 g/mol. The predicted molar refractivity (Wildman–Crippen MR) is 104 cm³/mol. The summed E-state index contributed by atoms with van der Waals surface area (Å²) in [5.41, 5.74) is 2.63. The molecule has 0 amide bonds. The number of esters is 1. The highest BCUT2D eigenvalue weighted by atomic mass is 16.5. The van der Waals surface area contributed by atoms with Gasteiger partial charge in [-0.2, -0.15) is 0 Å². The molecule has 0 heterocycles. The van der Waals surface area contributed by atoms with Crippen molar-refractivity contribution in [1.82, 2.24) is 0 Å². The summed E-state index contributed by atoms with van der Waals surface area (Å²) in [5.74, 6) is 0.236. The molecule has 0 bridgehead atoms. The van der Waals surface area contributed by atoms with Gasteiger partial charge >= 0.3 is 5.97 Å². The van der Waals surface area contributed by atoms with E-state index in [1.165, 1.54) is 0 Å². The van der Waals surface area contributed by atoms with Gasteiger partial charge in [-0.15, -0.1) is 0 Å². The van der Waals surface area contributed by atoms with Gasteiger partial charge in [-0.25, -0.2) is 0 Å². The van der Waals surface area contributed by atoms with Crippen LogP contribution in [-0.2, 0) is 26.8 Å². The van der Waals surface area contributed by atoms with Gasteiger partial charge in [-0.05, 0) is 46.8 Å². The average Bonchev–Trinajstić information content (AvgIpc) is 2.49. The minimum absolute atomic E-state index is 0.0163. The summed E-state index contributed by atoms with van der Waals surface area (Å²) in [5, 5.41) is 10.8. The van der Waals surface area contributed by atoms with Crippen LogP contribution in [0.3, 0.4) is 0 Å². The van der Waals surface area contributed by atoms with Gasteiger partial charge in [0.05, 0.1) is 0 Å². The van der Waals surface area contributed by atoms with E-state index in [4.69, 9.17) is 4.74 Å². The molecule has 1 rings (SSSR count). The number of aryl methyl sites for hydroxylation is 1. The van der Waals surface area contributed by atoms with Crippen LogP contribution in [0.5, 0.6) is 5.75 Å². The van der Waals surface area contributed by atoms with E-state index in [0.29, 0.717) is 18.6 Å². The molecule has 0 aliphatic carbocycles. The number of aromatic hydroxyl groups is 1. The van der Waals surface area contributed by atoms with Crippen LogP contribution in [-0.4, -0.2) is 17.2 Å². The molecule has 1 aromatic rings. The number of rotatable bonds is 6. The second kappa shape index (κ2) is 8.25. The molecule has 0 spiro atoms. The summed E-state index contributed by atoms with van der Waals surface area (Å²) in [6.45, 7) is 16.6. The Morgan fingerprint density at radius 2 is 1.44 bits per heavy atom. The van der Waals surface area contributed by atoms with Crippen molar-refractivity contribution in [3.8, 4) is 5.75 Å². The van der Waals surface area contributed by atoms with E-state index < -0.39 is 0 Å². The predicted octanol–water partition coefficient (Wildman–Crippen LogP) is 5.65. The van der Waals surface area contributed by atoms with Gasteiger partial charge in [0.1, 0.15) is 11.9 Å². The molecule has 25 heavy (non-hydrogen) atoms. The summed E-state index contributed by atoms with van der Waals surface area (Å²) in [6.07, 6.45) is 2.72. The fraction of sp³-hybridized carbons (Fsp3) is 0.682. The zero-order chi connectivity index (χ0) is 19.4. The lowest BCUT2D eigenvalue weighted by atomic mass is 9.78. The van der Waals surface area contributed by atoms with E-state index >= 15 is 0 Å². The standard InChI is InChI=1S/C22H36O3/c1-9-16(10-2)25-19(23)12-11-15-13-17(21(3,4)5)20(24)18(14-15)22(6,7)8/h13-14,16,24H,9-12H2,1-8H3. The van der Waals surface area contributed by atoms with Crippen molar-refractivity contribution in [3.05, 3.63) is 28.8 Å². The maximum absolute atomic E-state index is 12.1. The highest BCUT2D eigenvalue weighted by Gasteiger charge is 2.26. The van der Waals surface area contributed by atoms with Gasteiger partial charge in [0.25, 0.3) is 0 Å². The third kappa shape index (κ3) is 6.05. The number of ether oxygens (including phenoxy) is 1. The van der Waals surface area contributed by atoms with Gasteiger partial charge in [0.15, 0.2) is 0 Å². The third-order valence-corrected chi connectivity index (χ3v) is 4.61. The number of hydrogen-bond acceptors (Lipinski definition) is 3. The van der Waals surface area contributed by atoms with Gasteiger partial charge < -0.3 is 9.84 Å². The Balaban J connectivity index is 3.06. The molecule has 3 heteroatoms. The number of carbonyl (C=O) groups excluding carboxylic acids is 1. The van der Waals surface area contributed by atoms with Gasteiger partial charge in [-0.3, -0.25) is 4.79 Å². The summed E-state index contributed by atoms with van der Waals surface area (Å²) < 4.78 is 5.50. The average molecular weight is 349 g/mol. The molecule has 0 aliphatic rings. The zero-order valence-corrected chi connectivity index (χ0v) is 17.3. The highest BCUT2D eigenvalue weighted by molar-refractivity contribution is 5.70. The molecule has 3 nitrogen and oxygen atoms in total. The second-order valence-electron chi connectivity index (χ2n) is 8.97. The third-order valence-electron chi connectivity index (χ3n) is 4.61. The van der Waals surface area contributed by atoms with Gasteiger partial charge in [0.2, 0.25) is 0 Å². The highest BCUT2D eigenvalue weighted by Crippen LogP contribution is 2.40. The Kier molecular flexibility index (Phi) is 7.10. The number of benzene rings is 1. The minimum atomic E-state index is -0.157. The van der Waals surface area contributed by atoms with Crippen LogP contribution >= 0.6 is 0 Å². The van der Waals surface area contributed by atoms with Crippen LogP contribution in [0.25, 0.3) is 0 Å². The van der Waals surface area contributed by atoms with Crippen LogP contribution in [0.4, 0.5) is 0 Å². The van der Waals surface area contributed by atoms with Crippen molar-refractivity contribution in [1.29, 1.82) is 0 Å². The lowest BCUT2D eigenvalue weighted by molar-refractivity contribution is -0.149. The number of carbonyl (C=O) groups is 1. The molecule has 0 aromatic heterocycles. The van der Waals surface area contributed by atoms with Crippen molar-refractivity contribution >= 4 is 5.97 Å². The van der Waals surface area contributed by atoms with E-state index in [-0.39, 0.29) is 22.9 Å². The summed E-state index contributed by atoms with van der Waals surface area (Å²) in [6, 6.07) is 4.07. The van der Waals surface area contributed by atoms with Crippen molar-refractivity contribution in [2.45, 2.75) is 98.0 Å². The maximum atomic E-state index is 12.1. The smallest absolute Gasteiger partial charge is 0.306 e. The zero-order valence-electron chi connectivity index (χ0n) is 17.3. The van der Waals surface area contributed by atoms with Crippen molar-refractivity contribution < 1.29 is 14.6 Å². The molecule has 1 aromatic carbocycles. The first-order valence-corrected chi connectivity index (χ1v) is 9.46. The van der Waals surface area contributed by atoms with Crippen LogP contribution in [0.1, 0.15) is 91.3 Å². The lowest BCUT2D eigenvalue weighted by Crippen LogP contribution is -2.19. The molecule has 1 N–H and O–H groups in total. The molecule has 0 radical (unpaired) electrons. The summed E-state index contributed by atoms with van der Waals surface area (Å²) in [7, 11) is 0. The Hall–Kier alpha value is -1.51. The first kappa shape index (κ1) is 21.5.